The van der Waals surface area contributed by atoms with E-state index in [-0.39, 0.29) is 30.5 Å². The fourth-order valence-electron chi connectivity index (χ4n) is 3.73. The number of alkyl halides is 5. The number of aromatic nitrogens is 4. The average Bonchev–Trinajstić information content (AvgIpc) is 2.82. The summed E-state index contributed by atoms with van der Waals surface area (Å²) in [6, 6.07) is 5.65. The van der Waals surface area contributed by atoms with Crippen molar-refractivity contribution >= 4 is 5.91 Å². The first-order valence-corrected chi connectivity index (χ1v) is 10.6. The lowest BCUT2D eigenvalue weighted by atomic mass is 9.97. The van der Waals surface area contributed by atoms with E-state index in [1.54, 1.807) is 25.1 Å². The van der Waals surface area contributed by atoms with Crippen molar-refractivity contribution in [3.63, 3.8) is 0 Å². The first kappa shape index (κ1) is 24.4. The van der Waals surface area contributed by atoms with E-state index >= 15 is 0 Å². The van der Waals surface area contributed by atoms with Crippen LogP contribution in [0.25, 0.3) is 11.4 Å². The Morgan fingerprint density at radius 2 is 1.89 bits per heavy atom. The number of piperidine rings is 1. The first-order chi connectivity index (χ1) is 16.5. The fourth-order valence-corrected chi connectivity index (χ4v) is 3.73. The molecule has 0 saturated carbocycles. The maximum Gasteiger partial charge on any atom is 0.417 e. The van der Waals surface area contributed by atoms with Crippen molar-refractivity contribution in [2.24, 2.45) is 0 Å². The minimum atomic E-state index is -4.57. The van der Waals surface area contributed by atoms with Gasteiger partial charge >= 0.3 is 6.18 Å². The molecule has 4 heterocycles. The minimum Gasteiger partial charge on any atom is -0.475 e. The summed E-state index contributed by atoms with van der Waals surface area (Å²) in [6.45, 7) is 1.04. The number of likely N-dealkylation sites (tertiary alicyclic amines) is 1. The highest BCUT2D eigenvalue weighted by atomic mass is 19.4. The van der Waals surface area contributed by atoms with Crippen LogP contribution in [-0.2, 0) is 6.18 Å². The van der Waals surface area contributed by atoms with Crippen LogP contribution in [-0.4, -0.2) is 55.9 Å². The molecule has 0 aromatic carbocycles. The Labute approximate surface area is 197 Å². The highest BCUT2D eigenvalue weighted by molar-refractivity contribution is 5.98. The molecule has 3 aromatic heterocycles. The van der Waals surface area contributed by atoms with Crippen molar-refractivity contribution < 1.29 is 31.5 Å². The van der Waals surface area contributed by atoms with Gasteiger partial charge in [-0.05, 0) is 31.2 Å². The third kappa shape index (κ3) is 5.69. The largest absolute Gasteiger partial charge is 0.475 e. The van der Waals surface area contributed by atoms with Gasteiger partial charge in [-0.15, -0.1) is 0 Å². The Morgan fingerprint density at radius 1 is 1.14 bits per heavy atom. The third-order valence-corrected chi connectivity index (χ3v) is 5.49. The lowest BCUT2D eigenvalue weighted by Crippen LogP contribution is -2.52. The summed E-state index contributed by atoms with van der Waals surface area (Å²) in [6.07, 6.45) is -2.19. The Balaban J connectivity index is 1.58. The van der Waals surface area contributed by atoms with E-state index in [4.69, 9.17) is 4.74 Å². The van der Waals surface area contributed by atoms with Gasteiger partial charge in [-0.3, -0.25) is 4.79 Å². The second-order valence-corrected chi connectivity index (χ2v) is 8.08. The van der Waals surface area contributed by atoms with Gasteiger partial charge in [0.05, 0.1) is 17.2 Å². The number of halogens is 5. The monoisotopic (exact) mass is 493 g/mol. The van der Waals surface area contributed by atoms with Crippen molar-refractivity contribution in [2.45, 2.75) is 37.9 Å². The molecule has 184 valence electrons. The highest BCUT2D eigenvalue weighted by Crippen LogP contribution is 2.34. The molecule has 1 saturated heterocycles. The van der Waals surface area contributed by atoms with Crippen molar-refractivity contribution in [3.8, 4) is 17.3 Å². The molecule has 35 heavy (non-hydrogen) atoms. The predicted octanol–water partition coefficient (Wildman–Crippen LogP) is 4.58. The zero-order valence-corrected chi connectivity index (χ0v) is 18.5. The minimum absolute atomic E-state index is 0.0130. The fraction of sp³-hybridized carbons (Fsp3) is 0.348. The Morgan fingerprint density at radius 3 is 2.54 bits per heavy atom. The van der Waals surface area contributed by atoms with Gasteiger partial charge in [0.2, 0.25) is 5.88 Å². The maximum absolute atomic E-state index is 14.2. The van der Waals surface area contributed by atoms with Crippen LogP contribution in [0.2, 0.25) is 0 Å². The molecule has 1 aliphatic heterocycles. The normalized spacial score (nSPS) is 17.8. The predicted molar refractivity (Wildman–Crippen MR) is 114 cm³/mol. The third-order valence-electron chi connectivity index (χ3n) is 5.49. The second-order valence-electron chi connectivity index (χ2n) is 8.08. The quantitative estimate of drug-likeness (QED) is 0.484. The summed E-state index contributed by atoms with van der Waals surface area (Å²) in [7, 11) is 0. The van der Waals surface area contributed by atoms with E-state index in [0.29, 0.717) is 17.5 Å². The number of pyridine rings is 2. The SMILES string of the molecule is Cc1ccc(-c2ncccn2)c(C(=O)N2CCC(F)(F)CC2COc2ccc(C(F)(F)F)cn2)n1. The lowest BCUT2D eigenvalue weighted by Gasteiger charge is -2.39. The van der Waals surface area contributed by atoms with E-state index in [1.807, 2.05) is 0 Å². The van der Waals surface area contributed by atoms with Gasteiger partial charge in [0.15, 0.2) is 5.82 Å². The van der Waals surface area contributed by atoms with Gasteiger partial charge in [0.1, 0.15) is 12.3 Å². The summed E-state index contributed by atoms with van der Waals surface area (Å²) < 4.78 is 72.1. The summed E-state index contributed by atoms with van der Waals surface area (Å²) in [5, 5.41) is 0. The highest BCUT2D eigenvalue weighted by Gasteiger charge is 2.43. The van der Waals surface area contributed by atoms with Gasteiger partial charge < -0.3 is 9.64 Å². The summed E-state index contributed by atoms with van der Waals surface area (Å²) in [4.78, 5) is 31.0. The number of carbonyl (C=O) groups is 1. The Bertz CT molecular complexity index is 1190. The molecule has 4 rings (SSSR count). The van der Waals surface area contributed by atoms with Gasteiger partial charge in [-0.1, -0.05) is 0 Å². The van der Waals surface area contributed by atoms with Crippen LogP contribution in [0.3, 0.4) is 0 Å². The molecule has 3 aromatic rings. The Kier molecular flexibility index (Phi) is 6.64. The topological polar surface area (TPSA) is 81.1 Å². The van der Waals surface area contributed by atoms with Gasteiger partial charge in [-0.25, -0.2) is 28.7 Å². The second kappa shape index (κ2) is 9.51. The van der Waals surface area contributed by atoms with E-state index in [9.17, 15) is 26.7 Å². The van der Waals surface area contributed by atoms with E-state index in [1.165, 1.54) is 17.3 Å². The number of amides is 1. The molecule has 0 N–H and O–H groups in total. The molecule has 1 aliphatic rings. The zero-order chi connectivity index (χ0) is 25.2. The van der Waals surface area contributed by atoms with Gasteiger partial charge in [0, 0.05) is 49.7 Å². The average molecular weight is 493 g/mol. The molecular weight excluding hydrogens is 473 g/mol. The molecule has 1 fully saturated rings. The molecule has 0 bridgehead atoms. The number of nitrogens with zero attached hydrogens (tertiary/aromatic N) is 5. The molecule has 0 aliphatic carbocycles. The maximum atomic E-state index is 14.2. The number of ether oxygens (including phenoxy) is 1. The summed E-state index contributed by atoms with van der Waals surface area (Å²) in [5.74, 6) is -3.55. The molecular formula is C23H20F5N5O2. The molecule has 1 amide bonds. The number of hydrogen-bond acceptors (Lipinski definition) is 6. The zero-order valence-electron chi connectivity index (χ0n) is 18.5. The van der Waals surface area contributed by atoms with E-state index < -0.39 is 42.5 Å². The standard InChI is InChI=1S/C23H20F5N5O2/c1-14-3-5-17(20-29-8-2-9-30-20)19(32-14)21(34)33-10-7-22(24,25)11-16(33)13-35-18-6-4-15(12-31-18)23(26,27)28/h2-6,8-9,12,16H,7,10-11,13H2,1H3. The van der Waals surface area contributed by atoms with E-state index in [0.717, 1.165) is 12.1 Å². The summed E-state index contributed by atoms with van der Waals surface area (Å²) >= 11 is 0. The molecule has 7 nitrogen and oxygen atoms in total. The van der Waals surface area contributed by atoms with Crippen LogP contribution < -0.4 is 4.74 Å². The van der Waals surface area contributed by atoms with Crippen molar-refractivity contribution in [2.75, 3.05) is 13.2 Å². The van der Waals surface area contributed by atoms with Crippen molar-refractivity contribution in [1.29, 1.82) is 0 Å². The first-order valence-electron chi connectivity index (χ1n) is 10.6. The smallest absolute Gasteiger partial charge is 0.417 e. The number of hydrogen-bond donors (Lipinski definition) is 0. The van der Waals surface area contributed by atoms with Crippen LogP contribution in [0.1, 0.15) is 34.6 Å². The number of carbonyl (C=O) groups excluding carboxylic acids is 1. The molecule has 0 radical (unpaired) electrons. The van der Waals surface area contributed by atoms with Crippen LogP contribution in [0.5, 0.6) is 5.88 Å². The van der Waals surface area contributed by atoms with Crippen LogP contribution in [0, 0.1) is 6.92 Å². The molecule has 0 spiro atoms. The molecule has 1 atom stereocenters. The lowest BCUT2D eigenvalue weighted by molar-refractivity contribution is -0.137. The van der Waals surface area contributed by atoms with E-state index in [2.05, 4.69) is 19.9 Å². The van der Waals surface area contributed by atoms with Crippen molar-refractivity contribution in [1.82, 2.24) is 24.8 Å². The number of aryl methyl sites for hydroxylation is 1. The number of rotatable bonds is 5. The summed E-state index contributed by atoms with van der Waals surface area (Å²) in [5.41, 5.74) is -0.0640. The van der Waals surface area contributed by atoms with Crippen LogP contribution in [0.15, 0.2) is 48.9 Å². The molecule has 12 heteroatoms. The Hall–Kier alpha value is -3.70. The van der Waals surface area contributed by atoms with Crippen molar-refractivity contribution in [3.05, 3.63) is 65.9 Å². The van der Waals surface area contributed by atoms with Gasteiger partial charge in [-0.2, -0.15) is 13.2 Å². The van der Waals surface area contributed by atoms with Gasteiger partial charge in [0.25, 0.3) is 11.8 Å². The molecule has 1 unspecified atom stereocenters. The van der Waals surface area contributed by atoms with Crippen LogP contribution >= 0.6 is 0 Å². The van der Waals surface area contributed by atoms with Crippen LogP contribution in [0.4, 0.5) is 22.0 Å².